The number of anilines is 1. The minimum absolute atomic E-state index is 0.0284. The summed E-state index contributed by atoms with van der Waals surface area (Å²) in [6, 6.07) is 3.88. The van der Waals surface area contributed by atoms with E-state index in [9.17, 15) is 4.79 Å². The zero-order valence-corrected chi connectivity index (χ0v) is 10.8. The minimum atomic E-state index is -0.0284. The Labute approximate surface area is 103 Å². The molecule has 0 spiro atoms. The Morgan fingerprint density at radius 1 is 1.53 bits per heavy atom. The van der Waals surface area contributed by atoms with Crippen molar-refractivity contribution < 1.29 is 4.79 Å². The monoisotopic (exact) mass is 302 g/mol. The van der Waals surface area contributed by atoms with Crippen molar-refractivity contribution in [2.75, 3.05) is 5.32 Å². The van der Waals surface area contributed by atoms with Crippen molar-refractivity contribution >= 4 is 49.6 Å². The van der Waals surface area contributed by atoms with Crippen molar-refractivity contribution in [1.29, 1.82) is 0 Å². The molecule has 0 fully saturated rings. The molecule has 0 radical (unpaired) electrons. The van der Waals surface area contributed by atoms with Crippen LogP contribution in [0, 0.1) is 0 Å². The molecule has 2 heterocycles. The number of hydrogen-bond donors (Lipinski definition) is 1. The van der Waals surface area contributed by atoms with E-state index >= 15 is 0 Å². The summed E-state index contributed by atoms with van der Waals surface area (Å²) in [6.07, 6.45) is 2.07. The van der Waals surface area contributed by atoms with Gasteiger partial charge in [0.15, 0.2) is 5.13 Å². The van der Waals surface area contributed by atoms with Gasteiger partial charge in [-0.1, -0.05) is 0 Å². The largest absolute Gasteiger partial charge is 0.302 e. The number of hydrogen-bond acceptors (Lipinski definition) is 4. The molecule has 0 unspecified atom stereocenters. The van der Waals surface area contributed by atoms with E-state index in [0.29, 0.717) is 11.6 Å². The molecule has 1 N–H and O–H groups in total. The molecule has 0 bridgehead atoms. The van der Waals surface area contributed by atoms with Crippen molar-refractivity contribution in [3.05, 3.63) is 32.4 Å². The van der Waals surface area contributed by atoms with Gasteiger partial charge in [0.1, 0.15) is 0 Å². The maximum absolute atomic E-state index is 11.5. The Kier molecular flexibility index (Phi) is 3.50. The summed E-state index contributed by atoms with van der Waals surface area (Å²) in [4.78, 5) is 16.6. The molecule has 0 saturated carbocycles. The SMILES string of the molecule is O=C(Cc1ccc(Br)s1)Nc1nccs1. The van der Waals surface area contributed by atoms with E-state index in [1.807, 2.05) is 17.5 Å². The van der Waals surface area contributed by atoms with Crippen molar-refractivity contribution in [2.45, 2.75) is 6.42 Å². The van der Waals surface area contributed by atoms with Crippen LogP contribution in [-0.2, 0) is 11.2 Å². The van der Waals surface area contributed by atoms with Crippen LogP contribution in [0.2, 0.25) is 0 Å². The predicted molar refractivity (Wildman–Crippen MR) is 66.5 cm³/mol. The van der Waals surface area contributed by atoms with Crippen molar-refractivity contribution in [3.63, 3.8) is 0 Å². The molecule has 0 aliphatic rings. The lowest BCUT2D eigenvalue weighted by Crippen LogP contribution is -2.13. The highest BCUT2D eigenvalue weighted by Gasteiger charge is 2.07. The molecule has 0 atom stereocenters. The van der Waals surface area contributed by atoms with E-state index in [4.69, 9.17) is 0 Å². The Morgan fingerprint density at radius 3 is 3.00 bits per heavy atom. The number of carbonyl (C=O) groups excluding carboxylic acids is 1. The second-order valence-corrected chi connectivity index (χ2v) is 6.21. The van der Waals surface area contributed by atoms with E-state index in [1.54, 1.807) is 17.5 Å². The Morgan fingerprint density at radius 2 is 2.40 bits per heavy atom. The number of thiazole rings is 1. The third kappa shape index (κ3) is 3.12. The minimum Gasteiger partial charge on any atom is -0.302 e. The lowest BCUT2D eigenvalue weighted by atomic mass is 10.3. The normalized spacial score (nSPS) is 10.2. The Hall–Kier alpha value is -0.720. The van der Waals surface area contributed by atoms with Gasteiger partial charge in [-0.05, 0) is 28.1 Å². The van der Waals surface area contributed by atoms with Crippen LogP contribution in [0.1, 0.15) is 4.88 Å². The van der Waals surface area contributed by atoms with Gasteiger partial charge in [0, 0.05) is 16.5 Å². The predicted octanol–water partition coefficient (Wildman–Crippen LogP) is 3.15. The van der Waals surface area contributed by atoms with Crippen molar-refractivity contribution in [2.24, 2.45) is 0 Å². The summed E-state index contributed by atoms with van der Waals surface area (Å²) in [5.74, 6) is -0.0284. The highest BCUT2D eigenvalue weighted by atomic mass is 79.9. The lowest BCUT2D eigenvalue weighted by molar-refractivity contribution is -0.115. The second kappa shape index (κ2) is 4.87. The number of carbonyl (C=O) groups is 1. The van der Waals surface area contributed by atoms with Gasteiger partial charge >= 0.3 is 0 Å². The third-order valence-electron chi connectivity index (χ3n) is 1.64. The molecule has 2 rings (SSSR count). The fourth-order valence-corrected chi connectivity index (χ4v) is 3.08. The topological polar surface area (TPSA) is 42.0 Å². The smallest absolute Gasteiger partial charge is 0.231 e. The number of nitrogens with one attached hydrogen (secondary N) is 1. The summed E-state index contributed by atoms with van der Waals surface area (Å²) in [5, 5.41) is 5.22. The number of halogens is 1. The fourth-order valence-electron chi connectivity index (χ4n) is 1.05. The molecule has 2 aromatic rings. The van der Waals surface area contributed by atoms with Gasteiger partial charge in [0.2, 0.25) is 5.91 Å². The summed E-state index contributed by atoms with van der Waals surface area (Å²) >= 11 is 6.34. The van der Waals surface area contributed by atoms with Crippen LogP contribution in [-0.4, -0.2) is 10.9 Å². The van der Waals surface area contributed by atoms with E-state index in [-0.39, 0.29) is 5.91 Å². The number of nitrogens with zero attached hydrogens (tertiary/aromatic N) is 1. The Bertz CT molecular complexity index is 452. The van der Waals surface area contributed by atoms with E-state index in [1.165, 1.54) is 11.3 Å². The molecule has 78 valence electrons. The average molecular weight is 303 g/mol. The van der Waals surface area contributed by atoms with Gasteiger partial charge in [0.25, 0.3) is 0 Å². The summed E-state index contributed by atoms with van der Waals surface area (Å²) < 4.78 is 1.04. The van der Waals surface area contributed by atoms with Crippen LogP contribution in [0.5, 0.6) is 0 Å². The van der Waals surface area contributed by atoms with Crippen LogP contribution < -0.4 is 5.32 Å². The van der Waals surface area contributed by atoms with Crippen LogP contribution in [0.3, 0.4) is 0 Å². The number of amides is 1. The van der Waals surface area contributed by atoms with Crippen molar-refractivity contribution in [3.8, 4) is 0 Å². The maximum Gasteiger partial charge on any atom is 0.231 e. The maximum atomic E-state index is 11.5. The molecule has 1 amide bonds. The van der Waals surface area contributed by atoms with E-state index in [0.717, 1.165) is 8.66 Å². The molecule has 0 saturated heterocycles. The molecule has 2 aromatic heterocycles. The zero-order valence-electron chi connectivity index (χ0n) is 7.57. The first-order valence-electron chi connectivity index (χ1n) is 4.17. The zero-order chi connectivity index (χ0) is 10.7. The first kappa shape index (κ1) is 10.8. The van der Waals surface area contributed by atoms with Gasteiger partial charge in [-0.15, -0.1) is 22.7 Å². The molecule has 0 aliphatic heterocycles. The average Bonchev–Trinajstić information content (AvgIpc) is 2.77. The summed E-state index contributed by atoms with van der Waals surface area (Å²) in [7, 11) is 0. The van der Waals surface area contributed by atoms with Gasteiger partial charge in [-0.2, -0.15) is 0 Å². The molecular weight excluding hydrogens is 296 g/mol. The first-order chi connectivity index (χ1) is 7.24. The quantitative estimate of drug-likeness (QED) is 0.946. The van der Waals surface area contributed by atoms with Crippen LogP contribution >= 0.6 is 38.6 Å². The van der Waals surface area contributed by atoms with Crippen molar-refractivity contribution in [1.82, 2.24) is 4.98 Å². The molecular formula is C9H7BrN2OS2. The molecule has 15 heavy (non-hydrogen) atoms. The van der Waals surface area contributed by atoms with E-state index < -0.39 is 0 Å². The molecule has 6 heteroatoms. The van der Waals surface area contributed by atoms with Gasteiger partial charge < -0.3 is 5.32 Å². The lowest BCUT2D eigenvalue weighted by Gasteiger charge is -1.98. The van der Waals surface area contributed by atoms with Crippen LogP contribution in [0.4, 0.5) is 5.13 Å². The molecule has 0 aliphatic carbocycles. The van der Waals surface area contributed by atoms with E-state index in [2.05, 4.69) is 26.2 Å². The standard InChI is InChI=1S/C9H7BrN2OS2/c10-7-2-1-6(15-7)5-8(13)12-9-11-3-4-14-9/h1-4H,5H2,(H,11,12,13). The van der Waals surface area contributed by atoms with Gasteiger partial charge in [-0.25, -0.2) is 4.98 Å². The van der Waals surface area contributed by atoms with Gasteiger partial charge in [-0.3, -0.25) is 4.79 Å². The van der Waals surface area contributed by atoms with Crippen LogP contribution in [0.15, 0.2) is 27.5 Å². The first-order valence-corrected chi connectivity index (χ1v) is 6.66. The highest BCUT2D eigenvalue weighted by Crippen LogP contribution is 2.22. The number of rotatable bonds is 3. The number of aromatic nitrogens is 1. The van der Waals surface area contributed by atoms with Gasteiger partial charge in [0.05, 0.1) is 10.2 Å². The Balaban J connectivity index is 1.93. The summed E-state index contributed by atoms with van der Waals surface area (Å²) in [6.45, 7) is 0. The highest BCUT2D eigenvalue weighted by molar-refractivity contribution is 9.11. The fraction of sp³-hybridized carbons (Fsp3) is 0.111. The second-order valence-electron chi connectivity index (χ2n) is 2.77. The summed E-state index contributed by atoms with van der Waals surface area (Å²) in [5.41, 5.74) is 0. The number of thiophene rings is 1. The molecule has 3 nitrogen and oxygen atoms in total. The third-order valence-corrected chi connectivity index (χ3v) is 3.95. The molecule has 0 aromatic carbocycles. The van der Waals surface area contributed by atoms with Crippen LogP contribution in [0.25, 0.3) is 0 Å².